The van der Waals surface area contributed by atoms with Crippen LogP contribution >= 0.6 is 0 Å². The Hall–Kier alpha value is -1.43. The van der Waals surface area contributed by atoms with E-state index in [0.717, 1.165) is 5.56 Å². The minimum absolute atomic E-state index is 0.241. The van der Waals surface area contributed by atoms with Gasteiger partial charge in [-0.05, 0) is 18.4 Å². The smallest absolute Gasteiger partial charge is 0.324 e. The Morgan fingerprint density at radius 3 is 2.59 bits per heavy atom. The molecule has 0 amide bonds. The highest BCUT2D eigenvalue weighted by molar-refractivity contribution is 5.82. The van der Waals surface area contributed by atoms with Gasteiger partial charge >= 0.3 is 5.97 Å². The monoisotopic (exact) mass is 237 g/mol. The fourth-order valence-electron chi connectivity index (χ4n) is 1.57. The first-order chi connectivity index (χ1) is 8.12. The first kappa shape index (κ1) is 12.0. The lowest BCUT2D eigenvalue weighted by Gasteiger charge is -2.18. The number of rotatable bonds is 6. The molecule has 0 spiro atoms. The van der Waals surface area contributed by atoms with Crippen LogP contribution in [0.15, 0.2) is 30.3 Å². The summed E-state index contributed by atoms with van der Waals surface area (Å²) in [4.78, 5) is 10.9. The third-order valence-corrected chi connectivity index (χ3v) is 2.81. The van der Waals surface area contributed by atoms with Crippen LogP contribution in [0.25, 0.3) is 0 Å². The topological polar surface area (TPSA) is 78.8 Å². The second-order valence-corrected chi connectivity index (χ2v) is 4.18. The summed E-state index contributed by atoms with van der Waals surface area (Å²) in [5, 5.41) is 21.0. The van der Waals surface area contributed by atoms with Gasteiger partial charge in [-0.3, -0.25) is 10.1 Å². The van der Waals surface area contributed by atoms with Crippen molar-refractivity contribution in [2.75, 3.05) is 0 Å². The van der Waals surface area contributed by atoms with Crippen LogP contribution < -0.4 is 5.32 Å². The zero-order valence-electron chi connectivity index (χ0n) is 9.30. The normalized spacial score (nSPS) is 18.6. The van der Waals surface area contributed by atoms with Crippen LogP contribution in [0.1, 0.15) is 18.4 Å². The van der Waals surface area contributed by atoms with Crippen molar-refractivity contribution in [3.8, 4) is 0 Å². The molecule has 1 atom stereocenters. The number of hydrogen-bond donors (Lipinski definition) is 3. The largest absolute Gasteiger partial charge is 0.480 e. The van der Waals surface area contributed by atoms with Gasteiger partial charge in [0, 0.05) is 0 Å². The first-order valence-electron chi connectivity index (χ1n) is 5.47. The molecule has 1 aromatic carbocycles. The van der Waals surface area contributed by atoms with Gasteiger partial charge in [-0.25, -0.2) is 0 Å². The summed E-state index contributed by atoms with van der Waals surface area (Å²) < 4.78 is 5.14. The van der Waals surface area contributed by atoms with E-state index in [2.05, 4.69) is 5.32 Å². The molecule has 3 N–H and O–H groups in total. The third-order valence-electron chi connectivity index (χ3n) is 2.81. The van der Waals surface area contributed by atoms with E-state index in [9.17, 15) is 9.90 Å². The van der Waals surface area contributed by atoms with Crippen LogP contribution in [-0.2, 0) is 16.1 Å². The van der Waals surface area contributed by atoms with Crippen molar-refractivity contribution in [3.05, 3.63) is 35.9 Å². The van der Waals surface area contributed by atoms with E-state index in [-0.39, 0.29) is 6.61 Å². The van der Waals surface area contributed by atoms with Crippen LogP contribution in [0.3, 0.4) is 0 Å². The lowest BCUT2D eigenvalue weighted by atomic mass is 10.2. The molecule has 5 heteroatoms. The maximum Gasteiger partial charge on any atom is 0.324 e. The summed E-state index contributed by atoms with van der Waals surface area (Å²) >= 11 is 0. The number of aliphatic hydroxyl groups is 1. The summed E-state index contributed by atoms with van der Waals surface area (Å²) in [6, 6.07) is 9.38. The first-order valence-corrected chi connectivity index (χ1v) is 5.47. The second kappa shape index (κ2) is 4.83. The summed E-state index contributed by atoms with van der Waals surface area (Å²) in [6.45, 7) is 0.241. The second-order valence-electron chi connectivity index (χ2n) is 4.18. The van der Waals surface area contributed by atoms with E-state index in [1.54, 1.807) is 0 Å². The van der Waals surface area contributed by atoms with E-state index >= 15 is 0 Å². The molecular formula is C12H15NO4. The molecule has 0 saturated heterocycles. The highest BCUT2D eigenvalue weighted by Gasteiger charge is 2.51. The zero-order valence-corrected chi connectivity index (χ0v) is 9.30. The van der Waals surface area contributed by atoms with Crippen molar-refractivity contribution in [2.45, 2.75) is 31.4 Å². The van der Waals surface area contributed by atoms with Crippen LogP contribution in [-0.4, -0.2) is 28.1 Å². The predicted molar refractivity (Wildman–Crippen MR) is 60.0 cm³/mol. The van der Waals surface area contributed by atoms with Crippen molar-refractivity contribution < 1.29 is 19.7 Å². The Bertz CT molecular complexity index is 389. The fourth-order valence-corrected chi connectivity index (χ4v) is 1.57. The minimum atomic E-state index is -1.26. The average Bonchev–Trinajstić information content (AvgIpc) is 3.09. The lowest BCUT2D eigenvalue weighted by Crippen LogP contribution is -2.46. The molecule has 2 rings (SSSR count). The number of hydrogen-bond acceptors (Lipinski definition) is 4. The average molecular weight is 237 g/mol. The predicted octanol–water partition coefficient (Wildman–Crippen LogP) is 0.686. The van der Waals surface area contributed by atoms with Gasteiger partial charge in [0.2, 0.25) is 6.41 Å². The number of carbonyl (C=O) groups is 1. The SMILES string of the molecule is O=C(O)C1(NC(O)OCc2ccccc2)CC1. The Balaban J connectivity index is 1.79. The van der Waals surface area contributed by atoms with Gasteiger partial charge in [-0.1, -0.05) is 30.3 Å². The molecule has 5 nitrogen and oxygen atoms in total. The zero-order chi connectivity index (χ0) is 12.3. The van der Waals surface area contributed by atoms with Crippen molar-refractivity contribution in [1.82, 2.24) is 5.32 Å². The van der Waals surface area contributed by atoms with E-state index in [1.165, 1.54) is 0 Å². The molecule has 1 fully saturated rings. The van der Waals surface area contributed by atoms with E-state index < -0.39 is 17.9 Å². The molecule has 1 aliphatic rings. The van der Waals surface area contributed by atoms with Gasteiger partial charge in [0.25, 0.3) is 0 Å². The highest BCUT2D eigenvalue weighted by atomic mass is 16.6. The molecular weight excluding hydrogens is 222 g/mol. The molecule has 17 heavy (non-hydrogen) atoms. The summed E-state index contributed by atoms with van der Waals surface area (Å²) in [5.41, 5.74) is -0.0654. The van der Waals surface area contributed by atoms with Crippen molar-refractivity contribution >= 4 is 5.97 Å². The van der Waals surface area contributed by atoms with Crippen LogP contribution in [0.2, 0.25) is 0 Å². The summed E-state index contributed by atoms with van der Waals surface area (Å²) in [5.74, 6) is -0.945. The van der Waals surface area contributed by atoms with E-state index in [4.69, 9.17) is 9.84 Å². The Kier molecular flexibility index (Phi) is 3.42. The summed E-state index contributed by atoms with van der Waals surface area (Å²) in [6.07, 6.45) is -0.212. The number of aliphatic carboxylic acids is 1. The molecule has 1 aromatic rings. The van der Waals surface area contributed by atoms with Crippen molar-refractivity contribution in [1.29, 1.82) is 0 Å². The number of aliphatic hydroxyl groups excluding tert-OH is 1. The Morgan fingerprint density at radius 2 is 2.06 bits per heavy atom. The number of carboxylic acids is 1. The van der Waals surface area contributed by atoms with Gasteiger partial charge in [0.1, 0.15) is 5.54 Å². The minimum Gasteiger partial charge on any atom is -0.480 e. The molecule has 1 aliphatic carbocycles. The van der Waals surface area contributed by atoms with Gasteiger partial charge in [-0.2, -0.15) is 0 Å². The quantitative estimate of drug-likeness (QED) is 0.634. The van der Waals surface area contributed by atoms with E-state index in [1.807, 2.05) is 30.3 Å². The van der Waals surface area contributed by atoms with E-state index in [0.29, 0.717) is 12.8 Å². The molecule has 0 radical (unpaired) electrons. The van der Waals surface area contributed by atoms with Crippen LogP contribution in [0.5, 0.6) is 0 Å². The maximum absolute atomic E-state index is 10.9. The van der Waals surface area contributed by atoms with Gasteiger partial charge in [0.15, 0.2) is 0 Å². The van der Waals surface area contributed by atoms with Gasteiger partial charge < -0.3 is 14.9 Å². The maximum atomic E-state index is 10.9. The van der Waals surface area contributed by atoms with Crippen molar-refractivity contribution in [2.24, 2.45) is 0 Å². The standard InChI is InChI=1S/C12H15NO4/c14-10(15)12(6-7-12)13-11(16)17-8-9-4-2-1-3-5-9/h1-5,11,13,16H,6-8H2,(H,14,15). The Labute approximate surface area is 99.0 Å². The molecule has 0 bridgehead atoms. The van der Waals surface area contributed by atoms with Crippen LogP contribution in [0, 0.1) is 0 Å². The fraction of sp³-hybridized carbons (Fsp3) is 0.417. The molecule has 0 aromatic heterocycles. The number of ether oxygens (including phenoxy) is 1. The highest BCUT2D eigenvalue weighted by Crippen LogP contribution is 2.35. The number of benzene rings is 1. The molecule has 92 valence electrons. The number of carboxylic acid groups (broad SMARTS) is 1. The van der Waals surface area contributed by atoms with Gasteiger partial charge in [0.05, 0.1) is 6.61 Å². The third kappa shape index (κ3) is 3.03. The van der Waals surface area contributed by atoms with Crippen molar-refractivity contribution in [3.63, 3.8) is 0 Å². The molecule has 1 saturated carbocycles. The lowest BCUT2D eigenvalue weighted by molar-refractivity contribution is -0.157. The Morgan fingerprint density at radius 1 is 1.41 bits per heavy atom. The number of nitrogens with one attached hydrogen (secondary N) is 1. The molecule has 0 aliphatic heterocycles. The molecule has 1 unspecified atom stereocenters. The summed E-state index contributed by atoms with van der Waals surface area (Å²) in [7, 11) is 0. The molecule has 0 heterocycles. The van der Waals surface area contributed by atoms with Gasteiger partial charge in [-0.15, -0.1) is 0 Å². The van der Waals surface area contributed by atoms with Crippen LogP contribution in [0.4, 0.5) is 0 Å².